The molecule has 0 fully saturated rings. The third-order valence-electron chi connectivity index (χ3n) is 3.56. The van der Waals surface area contributed by atoms with Gasteiger partial charge in [0.25, 0.3) is 0 Å². The summed E-state index contributed by atoms with van der Waals surface area (Å²) in [5.41, 5.74) is 0. The summed E-state index contributed by atoms with van der Waals surface area (Å²) in [5.74, 6) is 0. The molecule has 0 unspecified atom stereocenters. The van der Waals surface area contributed by atoms with Gasteiger partial charge in [-0.3, -0.25) is 6.39 Å². The van der Waals surface area contributed by atoms with Crippen LogP contribution in [0.4, 0.5) is 0 Å². The molecule has 0 nitrogen and oxygen atoms in total. The fourth-order valence-electron chi connectivity index (χ4n) is 2.57. The van der Waals surface area contributed by atoms with Crippen LogP contribution in [0.1, 0.15) is 0 Å². The fourth-order valence-corrected chi connectivity index (χ4v) is 2.57. The summed E-state index contributed by atoms with van der Waals surface area (Å²) >= 11 is 0. The van der Waals surface area contributed by atoms with Crippen molar-refractivity contribution in [3.63, 3.8) is 0 Å². The highest BCUT2D eigenvalue weighted by atomic mass is 13.3. The minimum atomic E-state index is -0.697. The van der Waals surface area contributed by atoms with Gasteiger partial charge in [-0.25, -0.2) is 0 Å². The van der Waals surface area contributed by atoms with E-state index in [1.807, 2.05) is 0 Å². The van der Waals surface area contributed by atoms with Crippen LogP contribution in [0.25, 0.3) is 0 Å². The van der Waals surface area contributed by atoms with E-state index in [1.165, 1.54) is 0 Å². The quantitative estimate of drug-likeness (QED) is 0.341. The third-order valence-corrected chi connectivity index (χ3v) is 3.56. The van der Waals surface area contributed by atoms with Gasteiger partial charge < -0.3 is 0 Å². The lowest BCUT2D eigenvalue weighted by molar-refractivity contribution is 3.30. The summed E-state index contributed by atoms with van der Waals surface area (Å²) in [6.07, 6.45) is -2.79. The van der Waals surface area contributed by atoms with Gasteiger partial charge in [0, 0.05) is 0 Å². The van der Waals surface area contributed by atoms with Crippen molar-refractivity contribution in [2.45, 2.75) is 0 Å². The number of rotatable bonds is 10. The molecule has 0 aliphatic carbocycles. The molecule has 0 saturated heterocycles. The maximum Gasteiger partial charge on any atom is -0.0000000241 e. The largest absolute Gasteiger partial charge is 0.262 e. The molecule has 0 aromatic carbocycles. The third kappa shape index (κ3) is 6.96. The summed E-state index contributed by atoms with van der Waals surface area (Å²) < 4.78 is 0. The van der Waals surface area contributed by atoms with Crippen LogP contribution in [0, 0.1) is 0 Å². The van der Waals surface area contributed by atoms with Crippen LogP contribution in [0.3, 0.4) is 0 Å². The van der Waals surface area contributed by atoms with E-state index >= 15 is 0 Å². The molecular formula is H9B23-3. The van der Waals surface area contributed by atoms with E-state index in [4.69, 9.17) is 69.6 Å². The van der Waals surface area contributed by atoms with Gasteiger partial charge in [-0.2, -0.15) is 7.06 Å². The van der Waals surface area contributed by atoms with Crippen LogP contribution in [0.5, 0.6) is 0 Å². The Morgan fingerprint density at radius 1 is 0.522 bits per heavy atom. The van der Waals surface area contributed by atoms with Crippen molar-refractivity contribution in [1.82, 2.24) is 0 Å². The van der Waals surface area contributed by atoms with Crippen molar-refractivity contribution in [3.8, 4) is 0 Å². The maximum absolute atomic E-state index is 6.34. The molecule has 0 heterocycles. The molecule has 0 aliphatic heterocycles. The normalized spacial score (nSPS) is 9.35. The monoisotopic (exact) mass is 262 g/mol. The molecule has 81 valence electrons. The van der Waals surface area contributed by atoms with Gasteiger partial charge in [-0.15, -0.1) is 15.5 Å². The highest BCUT2D eigenvalue weighted by Crippen LogP contribution is 2.09. The predicted octanol–water partition coefficient (Wildman–Crippen LogP) is -11.2. The minimum Gasteiger partial charge on any atom is -0.262 e. The van der Waals surface area contributed by atoms with E-state index < -0.39 is 25.5 Å². The standard InChI is InChI=1S/B23H9/c1-13-19(12)22(18(10)11)23(20(14(2)3)15(4)5)21(16(6)7)17(8)9/h1-3H3/q-3. The van der Waals surface area contributed by atoms with Crippen molar-refractivity contribution in [3.05, 3.63) is 0 Å². The van der Waals surface area contributed by atoms with Crippen molar-refractivity contribution < 1.29 is 0 Å². The van der Waals surface area contributed by atoms with E-state index in [1.54, 1.807) is 0 Å². The number of hydrogen-bond donors (Lipinski definition) is 0. The molecule has 0 atom stereocenters. The zero-order valence-electron chi connectivity index (χ0n) is 11.5. The summed E-state index contributed by atoms with van der Waals surface area (Å²) in [6.45, 7) is 0. The van der Waals surface area contributed by atoms with Crippen LogP contribution in [-0.2, 0) is 0 Å². The SMILES string of the molecule is [B]B([B])B(B([B])[B])B(B(B([B])[B])B([BH3-])[BH3-])B(B([B])[B])B([B])[B][BH3-]. The van der Waals surface area contributed by atoms with Gasteiger partial charge in [0.2, 0.25) is 0 Å². The summed E-state index contributed by atoms with van der Waals surface area (Å²) in [7, 11) is 57.1. The highest BCUT2D eigenvalue weighted by Gasteiger charge is 2.44. The Hall–Kier alpha value is 1.49. The van der Waals surface area contributed by atoms with Gasteiger partial charge in [-0.1, -0.05) is 14.1 Å². The lowest BCUT2D eigenvalue weighted by Crippen LogP contribution is -2.83. The second-order valence-electron chi connectivity index (χ2n) is 5.20. The second-order valence-corrected chi connectivity index (χ2v) is 5.20. The van der Waals surface area contributed by atoms with Crippen LogP contribution < -0.4 is 0 Å². The first-order chi connectivity index (χ1) is 10.5. The molecule has 23 heavy (non-hydrogen) atoms. The Morgan fingerprint density at radius 2 is 0.870 bits per heavy atom. The number of hydrogen-bond acceptors (Lipinski definition) is 0. The first-order valence-corrected chi connectivity index (χ1v) is 6.33. The molecule has 0 N–H and O–H groups in total. The Labute approximate surface area is 163 Å². The van der Waals surface area contributed by atoms with E-state index in [0.29, 0.717) is 6.39 Å². The molecule has 23 heteroatoms. The summed E-state index contributed by atoms with van der Waals surface area (Å²) in [5, 5.41) is 0. The van der Waals surface area contributed by atoms with E-state index in [2.05, 4.69) is 7.06 Å². The Bertz CT molecular complexity index is 261. The topological polar surface area (TPSA) is 0 Å². The zero-order valence-corrected chi connectivity index (χ0v) is 11.5. The van der Waals surface area contributed by atoms with Gasteiger partial charge in [0.05, 0.1) is 0 Å². The predicted molar refractivity (Wildman–Crippen MR) is 145 cm³/mol. The fraction of sp³-hybridized carbons (Fsp3) is 0. The van der Waals surface area contributed by atoms with Gasteiger partial charge in [0.1, 0.15) is 0 Å². The first-order valence-electron chi connectivity index (χ1n) is 6.33. The minimum absolute atomic E-state index is 0.0157. The second kappa shape index (κ2) is 11.3. The average Bonchev–Trinajstić information content (AvgIpc) is 2.36. The molecule has 0 rings (SSSR count). The smallest absolute Gasteiger partial charge is 0.0000000241 e. The molecule has 0 bridgehead atoms. The van der Waals surface area contributed by atoms with Crippen molar-refractivity contribution >= 4 is 164 Å². The summed E-state index contributed by atoms with van der Waals surface area (Å²) in [4.78, 5) is 0. The lowest BCUT2D eigenvalue weighted by Gasteiger charge is -2.49. The molecule has 0 amide bonds. The molecule has 0 aromatic rings. The van der Waals surface area contributed by atoms with E-state index in [9.17, 15) is 0 Å². The Balaban J connectivity index is 6.12. The van der Waals surface area contributed by atoms with Crippen LogP contribution >= 0.6 is 0 Å². The molecule has 0 saturated carbocycles. The lowest BCUT2D eigenvalue weighted by atomic mass is 8.36. The molecule has 0 spiro atoms. The van der Waals surface area contributed by atoms with E-state index in [-0.39, 0.29) is 55.1 Å². The highest BCUT2D eigenvalue weighted by molar-refractivity contribution is 8.22. The molecular weight excluding hydrogens is 249 g/mol. The molecule has 19 radical (unpaired) electrons. The van der Waals surface area contributed by atoms with Crippen LogP contribution in [0.2, 0.25) is 0 Å². The van der Waals surface area contributed by atoms with Crippen molar-refractivity contribution in [2.24, 2.45) is 0 Å². The van der Waals surface area contributed by atoms with Gasteiger partial charge in [0.15, 0.2) is 0 Å². The Morgan fingerprint density at radius 3 is 1.09 bits per heavy atom. The Kier molecular flexibility index (Phi) is 12.0. The molecule has 0 aliphatic rings. The van der Waals surface area contributed by atoms with Crippen molar-refractivity contribution in [1.29, 1.82) is 0 Å². The molecule has 0 aromatic heterocycles. The van der Waals surface area contributed by atoms with Crippen LogP contribution in [-0.4, -0.2) is 164 Å². The van der Waals surface area contributed by atoms with Crippen molar-refractivity contribution in [2.75, 3.05) is 0 Å². The van der Waals surface area contributed by atoms with Crippen LogP contribution in [0.15, 0.2) is 0 Å². The maximum atomic E-state index is 6.34. The van der Waals surface area contributed by atoms with Gasteiger partial charge in [-0.05, 0) is 121 Å². The van der Waals surface area contributed by atoms with Gasteiger partial charge >= 0.3 is 0 Å². The zero-order chi connectivity index (χ0) is 18.5. The summed E-state index contributed by atoms with van der Waals surface area (Å²) in [6, 6.07) is 0. The van der Waals surface area contributed by atoms with E-state index in [0.717, 1.165) is 0 Å². The first kappa shape index (κ1) is 24.5. The average molecular weight is 258 g/mol.